The van der Waals surface area contributed by atoms with Crippen LogP contribution in [0.3, 0.4) is 0 Å². The van der Waals surface area contributed by atoms with Crippen LogP contribution in [0.25, 0.3) is 0 Å². The van der Waals surface area contributed by atoms with E-state index in [-0.39, 0.29) is 6.03 Å². The number of carbonyl (C=O) groups excluding carboxylic acids is 1. The van der Waals surface area contributed by atoms with Crippen molar-refractivity contribution in [2.75, 3.05) is 13.6 Å². The maximum Gasteiger partial charge on any atom is 0.498 e. The number of aromatic nitrogens is 2. The molecule has 1 aromatic heterocycles. The number of amides is 1. The first kappa shape index (κ1) is 15.1. The number of hydrogen-bond acceptors (Lipinski definition) is 4. The van der Waals surface area contributed by atoms with Gasteiger partial charge in [-0.1, -0.05) is 0 Å². The summed E-state index contributed by atoms with van der Waals surface area (Å²) in [5.41, 5.74) is -0.0463. The van der Waals surface area contributed by atoms with E-state index in [1.165, 1.54) is 4.68 Å². The summed E-state index contributed by atoms with van der Waals surface area (Å²) < 4.78 is 13.2. The highest BCUT2D eigenvalue weighted by Crippen LogP contribution is 2.36. The molecule has 0 bridgehead atoms. The van der Waals surface area contributed by atoms with Gasteiger partial charge in [-0.3, -0.25) is 0 Å². The van der Waals surface area contributed by atoms with E-state index in [1.54, 1.807) is 24.3 Å². The molecule has 2 heterocycles. The summed E-state index contributed by atoms with van der Waals surface area (Å²) in [7, 11) is 1.24. The van der Waals surface area contributed by atoms with Gasteiger partial charge in [0.25, 0.3) is 0 Å². The molecule has 110 valence electrons. The van der Waals surface area contributed by atoms with Gasteiger partial charge in [0.05, 0.1) is 11.2 Å². The molecule has 0 radical (unpaired) electrons. The predicted molar refractivity (Wildman–Crippen MR) is 77.0 cm³/mol. The van der Waals surface area contributed by atoms with E-state index in [0.717, 1.165) is 5.46 Å². The van der Waals surface area contributed by atoms with Gasteiger partial charge in [0.2, 0.25) is 0 Å². The molecular formula is C13H22BN3O3. The molecule has 20 heavy (non-hydrogen) atoms. The molecule has 7 heteroatoms. The zero-order chi connectivity index (χ0) is 15.1. The van der Waals surface area contributed by atoms with E-state index in [0.29, 0.717) is 6.54 Å². The molecule has 2 rings (SSSR count). The molecule has 0 atom stereocenters. The van der Waals surface area contributed by atoms with E-state index in [2.05, 4.69) is 5.10 Å². The van der Waals surface area contributed by atoms with Gasteiger partial charge in [-0.15, -0.1) is 0 Å². The molecule has 1 aliphatic rings. The van der Waals surface area contributed by atoms with Crippen molar-refractivity contribution in [3.63, 3.8) is 0 Å². The maximum absolute atomic E-state index is 12.0. The smallest absolute Gasteiger partial charge is 0.399 e. The molecule has 0 saturated carbocycles. The zero-order valence-corrected chi connectivity index (χ0v) is 13.0. The molecule has 0 aromatic carbocycles. The lowest BCUT2D eigenvalue weighted by Gasteiger charge is -2.32. The van der Waals surface area contributed by atoms with Crippen LogP contribution < -0.4 is 5.46 Å². The number of rotatable bonds is 2. The lowest BCUT2D eigenvalue weighted by molar-refractivity contribution is 0.00578. The number of hydrogen-bond donors (Lipinski definition) is 0. The summed E-state index contributed by atoms with van der Waals surface area (Å²) in [4.78, 5) is 13.6. The van der Waals surface area contributed by atoms with Gasteiger partial charge in [0.15, 0.2) is 0 Å². The van der Waals surface area contributed by atoms with Crippen LogP contribution in [0.2, 0.25) is 0 Å². The first-order valence-corrected chi connectivity index (χ1v) is 6.83. The van der Waals surface area contributed by atoms with Crippen LogP contribution in [0.1, 0.15) is 34.6 Å². The molecule has 1 aliphatic heterocycles. The van der Waals surface area contributed by atoms with Gasteiger partial charge in [0, 0.05) is 31.4 Å². The second kappa shape index (κ2) is 4.89. The standard InChI is InChI=1S/C13H22BN3O3/c1-7-16(6)11(18)17-9-10(8-15-17)14-19-12(2,3)13(4,5)20-14/h8-9H,7H2,1-6H3. The van der Waals surface area contributed by atoms with E-state index in [1.807, 2.05) is 34.6 Å². The maximum atomic E-state index is 12.0. The van der Waals surface area contributed by atoms with Crippen molar-refractivity contribution in [1.82, 2.24) is 14.7 Å². The van der Waals surface area contributed by atoms with E-state index in [4.69, 9.17) is 9.31 Å². The molecule has 1 amide bonds. The van der Waals surface area contributed by atoms with Crippen LogP contribution in [0.5, 0.6) is 0 Å². The average molecular weight is 279 g/mol. The summed E-state index contributed by atoms with van der Waals surface area (Å²) in [6.45, 7) is 10.5. The fraction of sp³-hybridized carbons (Fsp3) is 0.692. The minimum absolute atomic E-state index is 0.171. The summed E-state index contributed by atoms with van der Waals surface area (Å²) in [6, 6.07) is -0.171. The molecule has 1 saturated heterocycles. The molecule has 0 spiro atoms. The Morgan fingerprint density at radius 2 is 1.90 bits per heavy atom. The molecule has 6 nitrogen and oxygen atoms in total. The Morgan fingerprint density at radius 3 is 2.40 bits per heavy atom. The summed E-state index contributed by atoms with van der Waals surface area (Å²) in [5.74, 6) is 0. The monoisotopic (exact) mass is 279 g/mol. The molecule has 0 aliphatic carbocycles. The minimum Gasteiger partial charge on any atom is -0.399 e. The molecule has 0 unspecified atom stereocenters. The van der Waals surface area contributed by atoms with Crippen LogP contribution in [-0.4, -0.2) is 52.6 Å². The van der Waals surface area contributed by atoms with Crippen molar-refractivity contribution in [3.8, 4) is 0 Å². The Balaban J connectivity index is 2.17. The summed E-state index contributed by atoms with van der Waals surface area (Å²) >= 11 is 0. The van der Waals surface area contributed by atoms with Gasteiger partial charge in [-0.25, -0.2) is 4.79 Å². The highest BCUT2D eigenvalue weighted by molar-refractivity contribution is 6.62. The number of carbonyl (C=O) groups is 1. The summed E-state index contributed by atoms with van der Waals surface area (Å²) in [5, 5.41) is 4.09. The van der Waals surface area contributed by atoms with Gasteiger partial charge in [-0.2, -0.15) is 9.78 Å². The summed E-state index contributed by atoms with van der Waals surface area (Å²) in [6.07, 6.45) is 3.28. The third kappa shape index (κ3) is 2.47. The van der Waals surface area contributed by atoms with Crippen molar-refractivity contribution in [1.29, 1.82) is 0 Å². The van der Waals surface area contributed by atoms with Crippen molar-refractivity contribution in [3.05, 3.63) is 12.4 Å². The van der Waals surface area contributed by atoms with E-state index in [9.17, 15) is 4.79 Å². The van der Waals surface area contributed by atoms with Gasteiger partial charge in [0.1, 0.15) is 0 Å². The van der Waals surface area contributed by atoms with Crippen LogP contribution in [0, 0.1) is 0 Å². The van der Waals surface area contributed by atoms with Crippen molar-refractivity contribution in [2.24, 2.45) is 0 Å². The largest absolute Gasteiger partial charge is 0.498 e. The lowest BCUT2D eigenvalue weighted by Crippen LogP contribution is -2.41. The second-order valence-corrected chi connectivity index (χ2v) is 6.10. The predicted octanol–water partition coefficient (Wildman–Crippen LogP) is 1.10. The number of nitrogens with zero attached hydrogens (tertiary/aromatic N) is 3. The van der Waals surface area contributed by atoms with Gasteiger partial charge in [-0.05, 0) is 34.6 Å². The Morgan fingerprint density at radius 1 is 1.35 bits per heavy atom. The van der Waals surface area contributed by atoms with Crippen LogP contribution in [-0.2, 0) is 9.31 Å². The van der Waals surface area contributed by atoms with E-state index >= 15 is 0 Å². The van der Waals surface area contributed by atoms with Crippen molar-refractivity contribution >= 4 is 18.6 Å². The molecular weight excluding hydrogens is 257 g/mol. The average Bonchev–Trinajstić information content (AvgIpc) is 2.91. The van der Waals surface area contributed by atoms with Crippen LogP contribution in [0.15, 0.2) is 12.4 Å². The first-order chi connectivity index (χ1) is 9.18. The highest BCUT2D eigenvalue weighted by Gasteiger charge is 2.52. The Kier molecular flexibility index (Phi) is 3.68. The first-order valence-electron chi connectivity index (χ1n) is 6.83. The normalized spacial score (nSPS) is 20.2. The molecule has 0 N–H and O–H groups in total. The molecule has 1 fully saturated rings. The Bertz CT molecular complexity index is 497. The second-order valence-electron chi connectivity index (χ2n) is 6.10. The fourth-order valence-corrected chi connectivity index (χ4v) is 1.85. The molecule has 1 aromatic rings. The third-order valence-electron chi connectivity index (χ3n) is 4.12. The zero-order valence-electron chi connectivity index (χ0n) is 13.0. The minimum atomic E-state index is -0.492. The van der Waals surface area contributed by atoms with Crippen LogP contribution >= 0.6 is 0 Å². The van der Waals surface area contributed by atoms with Crippen molar-refractivity contribution < 1.29 is 14.1 Å². The quantitative estimate of drug-likeness (QED) is 0.761. The topological polar surface area (TPSA) is 56.6 Å². The highest BCUT2D eigenvalue weighted by atomic mass is 16.7. The Labute approximate surface area is 120 Å². The van der Waals surface area contributed by atoms with E-state index < -0.39 is 18.3 Å². The lowest BCUT2D eigenvalue weighted by atomic mass is 9.82. The van der Waals surface area contributed by atoms with Crippen molar-refractivity contribution in [2.45, 2.75) is 45.8 Å². The fourth-order valence-electron chi connectivity index (χ4n) is 1.85. The third-order valence-corrected chi connectivity index (χ3v) is 4.12. The van der Waals surface area contributed by atoms with Gasteiger partial charge < -0.3 is 14.2 Å². The van der Waals surface area contributed by atoms with Gasteiger partial charge >= 0.3 is 13.1 Å². The van der Waals surface area contributed by atoms with Crippen LogP contribution in [0.4, 0.5) is 4.79 Å². The SMILES string of the molecule is CCN(C)C(=O)n1cc(B2OC(C)(C)C(C)(C)O2)cn1. The Hall–Kier alpha value is -1.34.